The number of rotatable bonds is 8. The van der Waals surface area contributed by atoms with E-state index in [1.54, 1.807) is 18.3 Å². The molecule has 4 aromatic rings. The van der Waals surface area contributed by atoms with Crippen LogP contribution in [0.2, 0.25) is 0 Å². The van der Waals surface area contributed by atoms with Crippen molar-refractivity contribution >= 4 is 76.5 Å². The number of anilines is 1. The minimum Gasteiger partial charge on any atom is -0.490 e. The van der Waals surface area contributed by atoms with Gasteiger partial charge in [-0.25, -0.2) is 4.98 Å². The number of benzene rings is 3. The fraction of sp³-hybridized carbons (Fsp3) is 0.267. The van der Waals surface area contributed by atoms with Gasteiger partial charge in [-0.1, -0.05) is 54.9 Å². The molecule has 4 rings (SSSR count). The van der Waals surface area contributed by atoms with Gasteiger partial charge in [0.2, 0.25) is 0 Å². The van der Waals surface area contributed by atoms with E-state index in [0.717, 1.165) is 15.7 Å². The summed E-state index contributed by atoms with van der Waals surface area (Å²) in [5, 5.41) is 7.89. The van der Waals surface area contributed by atoms with Crippen molar-refractivity contribution in [1.29, 1.82) is 0 Å². The molecule has 0 aliphatic heterocycles. The SMILES string of the molecule is CCOc1cc(C=Nn2c(C(C)(C)C)nc3ccc(Br)cc3c2=O)c(Br)c(Br)c1OCC(=O)Nc1ccccc1C. The van der Waals surface area contributed by atoms with Crippen molar-refractivity contribution in [3.63, 3.8) is 0 Å². The van der Waals surface area contributed by atoms with Crippen molar-refractivity contribution in [3.05, 3.63) is 89.3 Å². The number of carbonyl (C=O) groups is 1. The van der Waals surface area contributed by atoms with Crippen LogP contribution in [-0.2, 0) is 10.2 Å². The van der Waals surface area contributed by atoms with E-state index in [0.29, 0.717) is 49.3 Å². The molecule has 8 nitrogen and oxygen atoms in total. The zero-order valence-corrected chi connectivity index (χ0v) is 28.0. The van der Waals surface area contributed by atoms with Crippen LogP contribution in [0.15, 0.2) is 71.8 Å². The maximum Gasteiger partial charge on any atom is 0.282 e. The molecule has 0 spiro atoms. The zero-order valence-electron chi connectivity index (χ0n) is 23.2. The van der Waals surface area contributed by atoms with Gasteiger partial charge in [-0.05, 0) is 81.6 Å². The highest BCUT2D eigenvalue weighted by atomic mass is 79.9. The Morgan fingerprint density at radius 3 is 2.49 bits per heavy atom. The molecule has 3 aromatic carbocycles. The Bertz CT molecular complexity index is 1710. The summed E-state index contributed by atoms with van der Waals surface area (Å²) in [4.78, 5) is 30.9. The number of amides is 1. The fourth-order valence-electron chi connectivity index (χ4n) is 3.99. The smallest absolute Gasteiger partial charge is 0.282 e. The molecule has 0 saturated heterocycles. The topological polar surface area (TPSA) is 94.8 Å². The van der Waals surface area contributed by atoms with E-state index in [1.807, 2.05) is 71.0 Å². The maximum atomic E-state index is 13.5. The monoisotopic (exact) mass is 746 g/mol. The van der Waals surface area contributed by atoms with Crippen LogP contribution < -0.4 is 20.3 Å². The third-order valence-electron chi connectivity index (χ3n) is 6.01. The van der Waals surface area contributed by atoms with Crippen molar-refractivity contribution in [1.82, 2.24) is 9.66 Å². The van der Waals surface area contributed by atoms with E-state index in [2.05, 4.69) is 58.2 Å². The van der Waals surface area contributed by atoms with E-state index < -0.39 is 5.41 Å². The molecule has 1 amide bonds. The molecule has 11 heteroatoms. The van der Waals surface area contributed by atoms with Crippen LogP contribution in [0.4, 0.5) is 5.69 Å². The number of nitrogens with zero attached hydrogens (tertiary/aromatic N) is 3. The second-order valence-electron chi connectivity index (χ2n) is 10.2. The Morgan fingerprint density at radius 1 is 1.07 bits per heavy atom. The largest absolute Gasteiger partial charge is 0.490 e. The van der Waals surface area contributed by atoms with E-state index in [-0.39, 0.29) is 18.1 Å². The number of halogens is 3. The van der Waals surface area contributed by atoms with Crippen molar-refractivity contribution in [2.45, 2.75) is 40.0 Å². The van der Waals surface area contributed by atoms with Gasteiger partial charge in [0.1, 0.15) is 5.82 Å². The molecule has 0 aliphatic rings. The predicted molar refractivity (Wildman–Crippen MR) is 174 cm³/mol. The van der Waals surface area contributed by atoms with Gasteiger partial charge in [0.25, 0.3) is 11.5 Å². The molecule has 1 heterocycles. The molecule has 0 bridgehead atoms. The number of aromatic nitrogens is 2. The highest BCUT2D eigenvalue weighted by molar-refractivity contribution is 9.13. The Labute approximate surface area is 263 Å². The van der Waals surface area contributed by atoms with Crippen molar-refractivity contribution < 1.29 is 14.3 Å². The molecule has 0 radical (unpaired) electrons. The number of fused-ring (bicyclic) bond motifs is 1. The van der Waals surface area contributed by atoms with Gasteiger partial charge >= 0.3 is 0 Å². The number of para-hydroxylation sites is 1. The number of hydrogen-bond acceptors (Lipinski definition) is 6. The standard InChI is InChI=1S/C30H29Br3N4O4/c1-6-40-23-13-18(25(32)26(33)27(23)41-16-24(38)35-21-10-8-7-9-17(21)2)15-34-37-28(39)20-14-19(31)11-12-22(20)36-29(37)30(3,4)5/h7-15H,6,16H2,1-5H3,(H,35,38). The molecule has 0 unspecified atom stereocenters. The molecule has 0 fully saturated rings. The number of ether oxygens (including phenoxy) is 2. The lowest BCUT2D eigenvalue weighted by Crippen LogP contribution is -2.29. The molecule has 41 heavy (non-hydrogen) atoms. The van der Waals surface area contributed by atoms with Crippen molar-refractivity contribution in [3.8, 4) is 11.5 Å². The lowest BCUT2D eigenvalue weighted by molar-refractivity contribution is -0.118. The molecular formula is C30H29Br3N4O4. The second kappa shape index (κ2) is 12.9. The van der Waals surface area contributed by atoms with Crippen LogP contribution in [0.25, 0.3) is 10.9 Å². The summed E-state index contributed by atoms with van der Waals surface area (Å²) in [7, 11) is 0. The van der Waals surface area contributed by atoms with E-state index in [9.17, 15) is 9.59 Å². The van der Waals surface area contributed by atoms with Crippen molar-refractivity contribution in [2.24, 2.45) is 5.10 Å². The van der Waals surface area contributed by atoms with E-state index in [1.165, 1.54) is 4.68 Å². The molecule has 0 atom stereocenters. The Kier molecular flexibility index (Phi) is 9.71. The second-order valence-corrected chi connectivity index (χ2v) is 12.7. The van der Waals surface area contributed by atoms with Crippen LogP contribution >= 0.6 is 47.8 Å². The third-order valence-corrected chi connectivity index (χ3v) is 8.65. The number of carbonyl (C=O) groups excluding carboxylic acids is 1. The van der Waals surface area contributed by atoms with Gasteiger partial charge in [0.15, 0.2) is 18.1 Å². The third kappa shape index (κ3) is 7.07. The summed E-state index contributed by atoms with van der Waals surface area (Å²) in [6, 6.07) is 14.7. The van der Waals surface area contributed by atoms with E-state index >= 15 is 0 Å². The Morgan fingerprint density at radius 2 is 1.80 bits per heavy atom. The van der Waals surface area contributed by atoms with Crippen LogP contribution in [0.1, 0.15) is 44.6 Å². The minimum atomic E-state index is -0.456. The fourth-order valence-corrected chi connectivity index (χ4v) is 5.29. The first kappa shape index (κ1) is 30.9. The molecule has 214 valence electrons. The van der Waals surface area contributed by atoms with E-state index in [4.69, 9.17) is 14.5 Å². The van der Waals surface area contributed by atoms with Crippen molar-refractivity contribution in [2.75, 3.05) is 18.5 Å². The summed E-state index contributed by atoms with van der Waals surface area (Å²) in [6.45, 7) is 9.85. The Hall–Kier alpha value is -3.02. The summed E-state index contributed by atoms with van der Waals surface area (Å²) in [5.41, 5.74) is 2.16. The van der Waals surface area contributed by atoms with Crippen LogP contribution in [0, 0.1) is 6.92 Å². The summed E-state index contributed by atoms with van der Waals surface area (Å²) < 4.78 is 15.0. The average Bonchev–Trinajstić information content (AvgIpc) is 2.91. The lowest BCUT2D eigenvalue weighted by Gasteiger charge is -2.21. The number of aryl methyl sites for hydroxylation is 1. The summed E-state index contributed by atoms with van der Waals surface area (Å²) in [6.07, 6.45) is 1.56. The molecule has 0 saturated carbocycles. The highest BCUT2D eigenvalue weighted by Crippen LogP contribution is 2.42. The summed E-state index contributed by atoms with van der Waals surface area (Å²) >= 11 is 10.6. The highest BCUT2D eigenvalue weighted by Gasteiger charge is 2.23. The zero-order chi connectivity index (χ0) is 29.9. The van der Waals surface area contributed by atoms with Gasteiger partial charge in [-0.3, -0.25) is 9.59 Å². The van der Waals surface area contributed by atoms with Gasteiger partial charge in [0.05, 0.1) is 28.2 Å². The first-order chi connectivity index (χ1) is 19.4. The molecule has 1 aromatic heterocycles. The first-order valence-corrected chi connectivity index (χ1v) is 15.2. The maximum absolute atomic E-state index is 13.5. The minimum absolute atomic E-state index is 0.227. The van der Waals surface area contributed by atoms with Gasteiger partial charge < -0.3 is 14.8 Å². The normalized spacial score (nSPS) is 11.7. The number of hydrogen-bond donors (Lipinski definition) is 1. The Balaban J connectivity index is 1.69. The molecular weight excluding hydrogens is 720 g/mol. The van der Waals surface area contributed by atoms with Gasteiger partial charge in [0, 0.05) is 25.6 Å². The average molecular weight is 749 g/mol. The van der Waals surface area contributed by atoms with Crippen LogP contribution in [-0.4, -0.2) is 35.0 Å². The quantitative estimate of drug-likeness (QED) is 0.188. The van der Waals surface area contributed by atoms with Gasteiger partial charge in [-0.15, -0.1) is 0 Å². The lowest BCUT2D eigenvalue weighted by atomic mass is 9.95. The first-order valence-electron chi connectivity index (χ1n) is 12.8. The predicted octanol–water partition coefficient (Wildman–Crippen LogP) is 7.59. The molecule has 0 aliphatic carbocycles. The van der Waals surface area contributed by atoms with Gasteiger partial charge in [-0.2, -0.15) is 9.78 Å². The summed E-state index contributed by atoms with van der Waals surface area (Å²) in [5.74, 6) is 0.991. The molecule has 1 N–H and O–H groups in total. The van der Waals surface area contributed by atoms with Crippen LogP contribution in [0.3, 0.4) is 0 Å². The number of nitrogens with one attached hydrogen (secondary N) is 1. The van der Waals surface area contributed by atoms with Crippen LogP contribution in [0.5, 0.6) is 11.5 Å².